The first-order chi connectivity index (χ1) is 9.11. The molecule has 0 aliphatic heterocycles. The first kappa shape index (κ1) is 13.2. The number of hydrogen-bond donors (Lipinski definition) is 2. The van der Waals surface area contributed by atoms with Crippen molar-refractivity contribution in [1.29, 1.82) is 0 Å². The van der Waals surface area contributed by atoms with E-state index in [2.05, 4.69) is 5.32 Å². The number of halogens is 2. The maximum atomic E-state index is 13.1. The molecule has 0 fully saturated rings. The Morgan fingerprint density at radius 1 is 1.21 bits per heavy atom. The van der Waals surface area contributed by atoms with E-state index in [4.69, 9.17) is 9.52 Å². The molecule has 0 saturated carbocycles. The molecule has 0 unspecified atom stereocenters. The summed E-state index contributed by atoms with van der Waals surface area (Å²) in [6.07, 6.45) is 0. The van der Waals surface area contributed by atoms with Crippen LogP contribution in [0.3, 0.4) is 0 Å². The van der Waals surface area contributed by atoms with Crippen LogP contribution < -0.4 is 5.32 Å². The van der Waals surface area contributed by atoms with Gasteiger partial charge in [-0.3, -0.25) is 4.79 Å². The molecule has 1 amide bonds. The first-order valence-electron chi connectivity index (χ1n) is 5.56. The van der Waals surface area contributed by atoms with E-state index in [1.807, 2.05) is 0 Å². The van der Waals surface area contributed by atoms with E-state index < -0.39 is 17.5 Å². The molecule has 0 radical (unpaired) electrons. The first-order valence-corrected chi connectivity index (χ1v) is 5.56. The van der Waals surface area contributed by atoms with Crippen LogP contribution >= 0.6 is 0 Å². The summed E-state index contributed by atoms with van der Waals surface area (Å²) in [7, 11) is 0. The van der Waals surface area contributed by atoms with Crippen LogP contribution in [0.2, 0.25) is 0 Å². The second-order valence-electron chi connectivity index (χ2n) is 3.77. The Morgan fingerprint density at radius 3 is 2.68 bits per heavy atom. The van der Waals surface area contributed by atoms with Crippen LogP contribution in [0.5, 0.6) is 0 Å². The number of hydrogen-bond acceptors (Lipinski definition) is 3. The molecule has 2 N–H and O–H groups in total. The molecule has 2 rings (SSSR count). The number of amides is 1. The fourth-order valence-electron chi connectivity index (χ4n) is 1.52. The third-order valence-electron chi connectivity index (χ3n) is 2.43. The van der Waals surface area contributed by atoms with Gasteiger partial charge in [0.25, 0.3) is 5.91 Å². The predicted molar refractivity (Wildman–Crippen MR) is 63.5 cm³/mol. The minimum absolute atomic E-state index is 0.0354. The summed E-state index contributed by atoms with van der Waals surface area (Å²) < 4.78 is 31.1. The molecule has 1 aromatic carbocycles. The molecule has 0 atom stereocenters. The Morgan fingerprint density at radius 2 is 2.00 bits per heavy atom. The summed E-state index contributed by atoms with van der Waals surface area (Å²) in [5.41, 5.74) is 0.333. The molecule has 6 heteroatoms. The molecular formula is C13H11F2NO3. The molecule has 19 heavy (non-hydrogen) atoms. The maximum absolute atomic E-state index is 13.1. The van der Waals surface area contributed by atoms with Crippen LogP contribution in [0.4, 0.5) is 8.78 Å². The lowest BCUT2D eigenvalue weighted by molar-refractivity contribution is 0.0918. The zero-order valence-corrected chi connectivity index (χ0v) is 9.82. The molecule has 0 aliphatic rings. The standard InChI is InChI=1S/C13H11F2NO3/c14-9-2-1-8(7-10(9)15)11-3-4-12(19-11)13(18)16-5-6-17/h1-4,7,17H,5-6H2,(H,16,18). The highest BCUT2D eigenvalue weighted by Gasteiger charge is 2.12. The van der Waals surface area contributed by atoms with Crippen LogP contribution in [0, 0.1) is 11.6 Å². The van der Waals surface area contributed by atoms with Crippen LogP contribution in [0.1, 0.15) is 10.6 Å². The van der Waals surface area contributed by atoms with Gasteiger partial charge in [-0.2, -0.15) is 0 Å². The topological polar surface area (TPSA) is 62.5 Å². The number of carbonyl (C=O) groups is 1. The Kier molecular flexibility index (Phi) is 3.91. The number of nitrogens with one attached hydrogen (secondary N) is 1. The molecule has 4 nitrogen and oxygen atoms in total. The lowest BCUT2D eigenvalue weighted by Gasteiger charge is -2.00. The Bertz CT molecular complexity index is 595. The molecule has 1 aromatic heterocycles. The van der Waals surface area contributed by atoms with Crippen molar-refractivity contribution >= 4 is 5.91 Å². The number of aliphatic hydroxyl groups excluding tert-OH is 1. The van der Waals surface area contributed by atoms with Crippen molar-refractivity contribution in [3.05, 3.63) is 47.7 Å². The summed E-state index contributed by atoms with van der Waals surface area (Å²) in [4.78, 5) is 11.5. The monoisotopic (exact) mass is 267 g/mol. The third-order valence-corrected chi connectivity index (χ3v) is 2.43. The summed E-state index contributed by atoms with van der Waals surface area (Å²) in [6.45, 7) is -0.0669. The fourth-order valence-corrected chi connectivity index (χ4v) is 1.52. The van der Waals surface area contributed by atoms with E-state index >= 15 is 0 Å². The number of furan rings is 1. The molecule has 0 saturated heterocycles. The summed E-state index contributed by atoms with van der Waals surface area (Å²) in [6, 6.07) is 6.23. The summed E-state index contributed by atoms with van der Waals surface area (Å²) in [5, 5.41) is 11.0. The Labute approximate surface area is 107 Å². The average molecular weight is 267 g/mol. The second kappa shape index (κ2) is 5.62. The summed E-state index contributed by atoms with van der Waals surface area (Å²) >= 11 is 0. The van der Waals surface area contributed by atoms with Crippen molar-refractivity contribution in [2.24, 2.45) is 0 Å². The van der Waals surface area contributed by atoms with Crippen molar-refractivity contribution in [3.63, 3.8) is 0 Å². The molecule has 2 aromatic rings. The highest BCUT2D eigenvalue weighted by molar-refractivity contribution is 5.92. The lowest BCUT2D eigenvalue weighted by atomic mass is 10.1. The van der Waals surface area contributed by atoms with Gasteiger partial charge in [0.2, 0.25) is 0 Å². The van der Waals surface area contributed by atoms with Gasteiger partial charge in [0, 0.05) is 12.1 Å². The number of benzene rings is 1. The van der Waals surface area contributed by atoms with Crippen molar-refractivity contribution in [2.45, 2.75) is 0 Å². The second-order valence-corrected chi connectivity index (χ2v) is 3.77. The quantitative estimate of drug-likeness (QED) is 0.890. The SMILES string of the molecule is O=C(NCCO)c1ccc(-c2ccc(F)c(F)c2)o1. The highest BCUT2D eigenvalue weighted by atomic mass is 19.2. The van der Waals surface area contributed by atoms with Gasteiger partial charge in [-0.05, 0) is 30.3 Å². The van der Waals surface area contributed by atoms with Crippen LogP contribution in [0.25, 0.3) is 11.3 Å². The molecule has 0 bridgehead atoms. The molecule has 100 valence electrons. The van der Waals surface area contributed by atoms with E-state index in [0.29, 0.717) is 5.56 Å². The number of aliphatic hydroxyl groups is 1. The van der Waals surface area contributed by atoms with E-state index in [1.165, 1.54) is 18.2 Å². The van der Waals surface area contributed by atoms with E-state index in [1.54, 1.807) is 0 Å². The molecule has 0 spiro atoms. The van der Waals surface area contributed by atoms with Crippen LogP contribution in [-0.4, -0.2) is 24.2 Å². The largest absolute Gasteiger partial charge is 0.451 e. The lowest BCUT2D eigenvalue weighted by Crippen LogP contribution is -2.25. The summed E-state index contributed by atoms with van der Waals surface area (Å²) in [5.74, 6) is -2.12. The van der Waals surface area contributed by atoms with Gasteiger partial charge in [0.05, 0.1) is 6.61 Å². The van der Waals surface area contributed by atoms with Gasteiger partial charge in [-0.1, -0.05) is 0 Å². The van der Waals surface area contributed by atoms with Crippen LogP contribution in [0.15, 0.2) is 34.7 Å². The highest BCUT2D eigenvalue weighted by Crippen LogP contribution is 2.23. The molecular weight excluding hydrogens is 256 g/mol. The van der Waals surface area contributed by atoms with Gasteiger partial charge in [0.15, 0.2) is 17.4 Å². The predicted octanol–water partition coefficient (Wildman–Crippen LogP) is 1.95. The van der Waals surface area contributed by atoms with Gasteiger partial charge >= 0.3 is 0 Å². The zero-order valence-electron chi connectivity index (χ0n) is 9.82. The zero-order chi connectivity index (χ0) is 13.8. The van der Waals surface area contributed by atoms with E-state index in [-0.39, 0.29) is 24.7 Å². The van der Waals surface area contributed by atoms with E-state index in [9.17, 15) is 13.6 Å². The minimum Gasteiger partial charge on any atom is -0.451 e. The van der Waals surface area contributed by atoms with Gasteiger partial charge in [-0.15, -0.1) is 0 Å². The third kappa shape index (κ3) is 2.97. The Hall–Kier alpha value is -2.21. The Balaban J connectivity index is 2.20. The molecule has 0 aliphatic carbocycles. The van der Waals surface area contributed by atoms with Crippen molar-refractivity contribution in [3.8, 4) is 11.3 Å². The minimum atomic E-state index is -0.986. The molecule has 1 heterocycles. The van der Waals surface area contributed by atoms with Gasteiger partial charge in [0.1, 0.15) is 5.76 Å². The average Bonchev–Trinajstić information content (AvgIpc) is 2.89. The number of carbonyl (C=O) groups excluding carboxylic acids is 1. The fraction of sp³-hybridized carbons (Fsp3) is 0.154. The van der Waals surface area contributed by atoms with Gasteiger partial charge in [-0.25, -0.2) is 8.78 Å². The van der Waals surface area contributed by atoms with E-state index in [0.717, 1.165) is 12.1 Å². The van der Waals surface area contributed by atoms with Gasteiger partial charge < -0.3 is 14.8 Å². The van der Waals surface area contributed by atoms with Crippen molar-refractivity contribution in [2.75, 3.05) is 13.2 Å². The van der Waals surface area contributed by atoms with Crippen molar-refractivity contribution in [1.82, 2.24) is 5.32 Å². The number of rotatable bonds is 4. The maximum Gasteiger partial charge on any atom is 0.287 e. The smallest absolute Gasteiger partial charge is 0.287 e. The van der Waals surface area contributed by atoms with Crippen molar-refractivity contribution < 1.29 is 23.1 Å². The normalized spacial score (nSPS) is 10.5. The van der Waals surface area contributed by atoms with Crippen LogP contribution in [-0.2, 0) is 0 Å².